The fraction of sp³-hybridized carbons (Fsp3) is 0.267. The van der Waals surface area contributed by atoms with E-state index in [-0.39, 0.29) is 11.9 Å². The van der Waals surface area contributed by atoms with Crippen LogP contribution in [0, 0.1) is 6.92 Å². The molecule has 1 heterocycles. The maximum Gasteiger partial charge on any atom is 0.313 e. The zero-order valence-corrected chi connectivity index (χ0v) is 12.3. The van der Waals surface area contributed by atoms with E-state index in [9.17, 15) is 4.79 Å². The van der Waals surface area contributed by atoms with Gasteiger partial charge in [0.25, 0.3) is 0 Å². The number of ether oxygens (including phenoxy) is 1. The third-order valence-electron chi connectivity index (χ3n) is 2.82. The molecule has 0 aliphatic heterocycles. The van der Waals surface area contributed by atoms with Crippen molar-refractivity contribution >= 4 is 17.7 Å². The quantitative estimate of drug-likeness (QED) is 0.481. The maximum absolute atomic E-state index is 11.9. The third kappa shape index (κ3) is 3.81. The number of nitrogens with zero attached hydrogens (tertiary/aromatic N) is 2. The van der Waals surface area contributed by atoms with Gasteiger partial charge in [0.1, 0.15) is 0 Å². The van der Waals surface area contributed by atoms with E-state index in [0.717, 1.165) is 11.1 Å². The van der Waals surface area contributed by atoms with E-state index in [1.807, 2.05) is 37.3 Å². The number of aromatic nitrogens is 2. The maximum atomic E-state index is 11.9. The van der Waals surface area contributed by atoms with Crippen LogP contribution in [-0.2, 0) is 9.53 Å². The first-order valence-electron chi connectivity index (χ1n) is 6.25. The molecule has 1 unspecified atom stereocenters. The lowest BCUT2D eigenvalue weighted by atomic mass is 10.0. The summed E-state index contributed by atoms with van der Waals surface area (Å²) in [6, 6.07) is 9.61. The van der Waals surface area contributed by atoms with Gasteiger partial charge in [0.05, 0.1) is 13.0 Å². The minimum atomic E-state index is -0.309. The van der Waals surface area contributed by atoms with E-state index in [2.05, 4.69) is 9.97 Å². The minimum absolute atomic E-state index is 0.240. The van der Waals surface area contributed by atoms with Gasteiger partial charge in [-0.05, 0) is 18.1 Å². The van der Waals surface area contributed by atoms with Gasteiger partial charge >= 0.3 is 5.97 Å². The predicted octanol–water partition coefficient (Wildman–Crippen LogP) is 2.83. The summed E-state index contributed by atoms with van der Waals surface area (Å²) in [4.78, 5) is 20.4. The van der Waals surface area contributed by atoms with Crippen molar-refractivity contribution in [1.29, 1.82) is 0 Å². The summed E-state index contributed by atoms with van der Waals surface area (Å²) in [5.41, 5.74) is 1.96. The van der Waals surface area contributed by atoms with Crippen LogP contribution in [-0.4, -0.2) is 28.8 Å². The lowest BCUT2D eigenvalue weighted by molar-refractivity contribution is -0.141. The number of carbonyl (C=O) groups is 1. The number of methoxy groups -OCH3 is 1. The number of hydrogen-bond acceptors (Lipinski definition) is 5. The van der Waals surface area contributed by atoms with Crippen LogP contribution in [0.15, 0.2) is 47.9 Å². The van der Waals surface area contributed by atoms with E-state index in [1.165, 1.54) is 18.9 Å². The molecule has 0 saturated heterocycles. The van der Waals surface area contributed by atoms with Gasteiger partial charge in [0.2, 0.25) is 0 Å². The van der Waals surface area contributed by atoms with Crippen LogP contribution in [0.5, 0.6) is 0 Å². The highest BCUT2D eigenvalue weighted by atomic mass is 32.2. The molecule has 0 amide bonds. The van der Waals surface area contributed by atoms with Crippen LogP contribution in [0.3, 0.4) is 0 Å². The largest absolute Gasteiger partial charge is 0.469 e. The first-order chi connectivity index (χ1) is 9.70. The Labute approximate surface area is 122 Å². The molecule has 1 atom stereocenters. The Morgan fingerprint density at radius 1 is 1.25 bits per heavy atom. The standard InChI is InChI=1S/C15H16N2O2S/c1-11-8-16-15(17-9-11)20-10-13(14(18)19-2)12-6-4-3-5-7-12/h3-9,13H,10H2,1-2H3. The third-order valence-corrected chi connectivity index (χ3v) is 3.79. The molecular weight excluding hydrogens is 272 g/mol. The Kier molecular flexibility index (Phi) is 5.12. The van der Waals surface area contributed by atoms with Gasteiger partial charge in [-0.2, -0.15) is 0 Å². The van der Waals surface area contributed by atoms with Crippen LogP contribution in [0.4, 0.5) is 0 Å². The monoisotopic (exact) mass is 288 g/mol. The van der Waals surface area contributed by atoms with Gasteiger partial charge in [0.15, 0.2) is 5.16 Å². The fourth-order valence-electron chi connectivity index (χ4n) is 1.74. The predicted molar refractivity (Wildman–Crippen MR) is 78.7 cm³/mol. The molecule has 0 N–H and O–H groups in total. The molecule has 2 rings (SSSR count). The van der Waals surface area contributed by atoms with Crippen molar-refractivity contribution in [2.24, 2.45) is 0 Å². The van der Waals surface area contributed by atoms with Gasteiger partial charge < -0.3 is 4.74 Å². The summed E-state index contributed by atoms with van der Waals surface area (Å²) in [5, 5.41) is 0.667. The van der Waals surface area contributed by atoms with E-state index >= 15 is 0 Å². The van der Waals surface area contributed by atoms with Crippen molar-refractivity contribution in [2.75, 3.05) is 12.9 Å². The lowest BCUT2D eigenvalue weighted by Crippen LogP contribution is -2.16. The topological polar surface area (TPSA) is 52.1 Å². The molecule has 104 valence electrons. The Hall–Kier alpha value is -1.88. The highest BCUT2D eigenvalue weighted by Crippen LogP contribution is 2.25. The molecule has 1 aromatic heterocycles. The number of aryl methyl sites for hydroxylation is 1. The van der Waals surface area contributed by atoms with Crippen molar-refractivity contribution in [1.82, 2.24) is 9.97 Å². The highest BCUT2D eigenvalue weighted by Gasteiger charge is 2.21. The summed E-state index contributed by atoms with van der Waals surface area (Å²) in [5.74, 6) is 0.00615. The van der Waals surface area contributed by atoms with Crippen molar-refractivity contribution in [3.8, 4) is 0 Å². The van der Waals surface area contributed by atoms with Gasteiger partial charge in [0, 0.05) is 18.1 Å². The summed E-state index contributed by atoms with van der Waals surface area (Å²) >= 11 is 1.45. The van der Waals surface area contributed by atoms with Gasteiger partial charge in [-0.1, -0.05) is 42.1 Å². The molecule has 0 bridgehead atoms. The minimum Gasteiger partial charge on any atom is -0.469 e. The van der Waals surface area contributed by atoms with Crippen LogP contribution in [0.25, 0.3) is 0 Å². The summed E-state index contributed by atoms with van der Waals surface area (Å²) in [6.07, 6.45) is 3.54. The van der Waals surface area contributed by atoms with Gasteiger partial charge in [-0.25, -0.2) is 9.97 Å². The molecule has 20 heavy (non-hydrogen) atoms. The Balaban J connectivity index is 2.09. The molecule has 0 aliphatic rings. The van der Waals surface area contributed by atoms with Crippen LogP contribution >= 0.6 is 11.8 Å². The number of carbonyl (C=O) groups excluding carboxylic acids is 1. The van der Waals surface area contributed by atoms with E-state index < -0.39 is 0 Å². The number of esters is 1. The van der Waals surface area contributed by atoms with Crippen molar-refractivity contribution in [2.45, 2.75) is 18.0 Å². The number of thioether (sulfide) groups is 1. The number of rotatable bonds is 5. The number of hydrogen-bond donors (Lipinski definition) is 0. The highest BCUT2D eigenvalue weighted by molar-refractivity contribution is 7.99. The number of benzene rings is 1. The molecule has 1 aromatic carbocycles. The Bertz CT molecular complexity index is 558. The summed E-state index contributed by atoms with van der Waals surface area (Å²) in [6.45, 7) is 1.94. The average molecular weight is 288 g/mol. The van der Waals surface area contributed by atoms with Crippen LogP contribution in [0.1, 0.15) is 17.0 Å². The molecule has 0 radical (unpaired) electrons. The second-order valence-electron chi connectivity index (χ2n) is 4.34. The SMILES string of the molecule is COC(=O)C(CSc1ncc(C)cn1)c1ccccc1. The van der Waals surface area contributed by atoms with Crippen molar-refractivity contribution < 1.29 is 9.53 Å². The molecule has 0 aliphatic carbocycles. The lowest BCUT2D eigenvalue weighted by Gasteiger charge is -2.14. The second kappa shape index (κ2) is 7.05. The molecule has 4 nitrogen and oxygen atoms in total. The molecule has 0 saturated carbocycles. The summed E-state index contributed by atoms with van der Waals surface area (Å²) in [7, 11) is 1.41. The normalized spacial score (nSPS) is 11.9. The fourth-order valence-corrected chi connectivity index (χ4v) is 2.64. The Morgan fingerprint density at radius 2 is 1.90 bits per heavy atom. The van der Waals surface area contributed by atoms with E-state index in [4.69, 9.17) is 4.74 Å². The Morgan fingerprint density at radius 3 is 2.50 bits per heavy atom. The van der Waals surface area contributed by atoms with Crippen molar-refractivity contribution in [3.63, 3.8) is 0 Å². The van der Waals surface area contributed by atoms with E-state index in [1.54, 1.807) is 12.4 Å². The molecular formula is C15H16N2O2S. The first-order valence-corrected chi connectivity index (χ1v) is 7.23. The smallest absolute Gasteiger partial charge is 0.313 e. The molecule has 0 spiro atoms. The zero-order valence-electron chi connectivity index (χ0n) is 11.4. The molecule has 0 fully saturated rings. The zero-order chi connectivity index (χ0) is 14.4. The second-order valence-corrected chi connectivity index (χ2v) is 5.33. The average Bonchev–Trinajstić information content (AvgIpc) is 2.50. The van der Waals surface area contributed by atoms with Gasteiger partial charge in [-0.3, -0.25) is 4.79 Å². The van der Waals surface area contributed by atoms with Crippen molar-refractivity contribution in [3.05, 3.63) is 53.9 Å². The summed E-state index contributed by atoms with van der Waals surface area (Å²) < 4.78 is 4.88. The van der Waals surface area contributed by atoms with Gasteiger partial charge in [-0.15, -0.1) is 0 Å². The molecule has 5 heteroatoms. The van der Waals surface area contributed by atoms with Crippen LogP contribution in [0.2, 0.25) is 0 Å². The van der Waals surface area contributed by atoms with E-state index in [0.29, 0.717) is 10.9 Å². The molecule has 2 aromatic rings. The van der Waals surface area contributed by atoms with Crippen LogP contribution < -0.4 is 0 Å². The first kappa shape index (κ1) is 14.5.